The van der Waals surface area contributed by atoms with E-state index >= 15 is 0 Å². The number of ketones is 1. The Bertz CT molecular complexity index is 436. The van der Waals surface area contributed by atoms with Gasteiger partial charge in [-0.1, -0.05) is 0 Å². The lowest BCUT2D eigenvalue weighted by molar-refractivity contribution is 0.101. The zero-order valence-electron chi connectivity index (χ0n) is 6.66. The van der Waals surface area contributed by atoms with Gasteiger partial charge in [0.2, 0.25) is 0 Å². The summed E-state index contributed by atoms with van der Waals surface area (Å²) in [5.74, 6) is 0.0755. The molecule has 0 fully saturated rings. The van der Waals surface area contributed by atoms with Crippen LogP contribution in [0.25, 0.3) is 11.0 Å². The molecule has 0 aliphatic carbocycles. The number of rotatable bonds is 1. The summed E-state index contributed by atoms with van der Waals surface area (Å²) in [6.45, 7) is 1.55. The van der Waals surface area contributed by atoms with Gasteiger partial charge < -0.3 is 4.98 Å². The quantitative estimate of drug-likeness (QED) is 0.652. The van der Waals surface area contributed by atoms with Crippen molar-refractivity contribution in [3.63, 3.8) is 0 Å². The Labute approximate surface area is 70.9 Å². The third kappa shape index (κ3) is 0.993. The van der Waals surface area contributed by atoms with Crippen LogP contribution in [0, 0.1) is 0 Å². The third-order valence-corrected chi connectivity index (χ3v) is 1.83. The van der Waals surface area contributed by atoms with Crippen LogP contribution < -0.4 is 0 Å². The number of H-pyrrole nitrogens is 1. The number of carbonyl (C=O) groups is 1. The van der Waals surface area contributed by atoms with E-state index in [0.717, 1.165) is 11.0 Å². The molecule has 0 unspecified atom stereocenters. The van der Waals surface area contributed by atoms with E-state index in [0.29, 0.717) is 5.56 Å². The van der Waals surface area contributed by atoms with Gasteiger partial charge in [-0.3, -0.25) is 4.79 Å². The van der Waals surface area contributed by atoms with Crippen molar-refractivity contribution in [2.24, 2.45) is 0 Å². The van der Waals surface area contributed by atoms with E-state index in [4.69, 9.17) is 0 Å². The summed E-state index contributed by atoms with van der Waals surface area (Å²) in [7, 11) is 0. The molecule has 3 nitrogen and oxygen atoms in total. The van der Waals surface area contributed by atoms with E-state index in [1.165, 1.54) is 0 Å². The average Bonchev–Trinajstić information content (AvgIpc) is 2.49. The molecule has 2 rings (SSSR count). The molecular weight excluding hydrogens is 152 g/mol. The number of Topliss-reactive ketones (excluding diaryl/α,β-unsaturated/α-hetero) is 1. The van der Waals surface area contributed by atoms with E-state index in [1.54, 1.807) is 19.3 Å². The van der Waals surface area contributed by atoms with Crippen LogP contribution in [0.4, 0.5) is 0 Å². The van der Waals surface area contributed by atoms with Crippen LogP contribution >= 0.6 is 0 Å². The smallest absolute Gasteiger partial charge is 0.159 e. The van der Waals surface area contributed by atoms with Crippen molar-refractivity contribution in [3.8, 4) is 0 Å². The highest BCUT2D eigenvalue weighted by Gasteiger charge is 2.00. The number of benzene rings is 1. The maximum atomic E-state index is 11.0. The van der Waals surface area contributed by atoms with E-state index in [2.05, 4.69) is 9.97 Å². The number of imidazole rings is 1. The second-order valence-corrected chi connectivity index (χ2v) is 2.69. The van der Waals surface area contributed by atoms with Crippen molar-refractivity contribution in [2.75, 3.05) is 0 Å². The molecule has 0 saturated heterocycles. The largest absolute Gasteiger partial charge is 0.345 e. The Hall–Kier alpha value is -1.64. The maximum absolute atomic E-state index is 11.0. The van der Waals surface area contributed by atoms with Gasteiger partial charge in [-0.05, 0) is 25.1 Å². The topological polar surface area (TPSA) is 45.8 Å². The number of hydrogen-bond acceptors (Lipinski definition) is 2. The first kappa shape index (κ1) is 7.03. The number of nitrogens with zero attached hydrogens (tertiary/aromatic N) is 1. The summed E-state index contributed by atoms with van der Waals surface area (Å²) in [6.07, 6.45) is 1.62. The molecule has 2 aromatic rings. The highest BCUT2D eigenvalue weighted by atomic mass is 16.1. The molecule has 0 bridgehead atoms. The Balaban J connectivity index is 0.000000845. The van der Waals surface area contributed by atoms with Crippen molar-refractivity contribution in [2.45, 2.75) is 6.92 Å². The lowest BCUT2D eigenvalue weighted by Gasteiger charge is -1.93. The second-order valence-electron chi connectivity index (χ2n) is 2.69. The average molecular weight is 162 g/mol. The van der Waals surface area contributed by atoms with Crippen molar-refractivity contribution >= 4 is 16.8 Å². The molecule has 0 saturated carbocycles. The van der Waals surface area contributed by atoms with E-state index in [9.17, 15) is 4.79 Å². The number of carbonyl (C=O) groups excluding carboxylic acids is 1. The van der Waals surface area contributed by atoms with Crippen LogP contribution in [-0.4, -0.2) is 15.8 Å². The molecule has 0 amide bonds. The summed E-state index contributed by atoms with van der Waals surface area (Å²) in [6, 6.07) is 5.43. The standard InChI is InChI=1S/C9H8N2O.H2/c1-6(12)7-2-3-8-9(4-7)11-5-10-8;/h2-5H,1H3,(H,10,11);1H. The van der Waals surface area contributed by atoms with Crippen LogP contribution in [0.15, 0.2) is 24.5 Å². The third-order valence-electron chi connectivity index (χ3n) is 1.83. The van der Waals surface area contributed by atoms with Gasteiger partial charge in [-0.25, -0.2) is 4.98 Å². The first-order valence-corrected chi connectivity index (χ1v) is 3.71. The van der Waals surface area contributed by atoms with E-state index < -0.39 is 0 Å². The molecule has 0 atom stereocenters. The molecule has 3 heteroatoms. The molecule has 0 spiro atoms. The summed E-state index contributed by atoms with van der Waals surface area (Å²) in [5, 5.41) is 0. The number of fused-ring (bicyclic) bond motifs is 1. The van der Waals surface area contributed by atoms with Crippen molar-refractivity contribution in [1.29, 1.82) is 0 Å². The second kappa shape index (κ2) is 2.44. The molecule has 1 aromatic carbocycles. The van der Waals surface area contributed by atoms with Gasteiger partial charge in [0.15, 0.2) is 5.78 Å². The molecule has 1 heterocycles. The Morgan fingerprint density at radius 2 is 2.42 bits per heavy atom. The molecule has 12 heavy (non-hydrogen) atoms. The first-order chi connectivity index (χ1) is 5.77. The minimum atomic E-state index is 0. The highest BCUT2D eigenvalue weighted by molar-refractivity contribution is 5.97. The summed E-state index contributed by atoms with van der Waals surface area (Å²) in [4.78, 5) is 18.0. The predicted molar refractivity (Wildman–Crippen MR) is 48.2 cm³/mol. The fourth-order valence-electron chi connectivity index (χ4n) is 1.15. The Morgan fingerprint density at radius 3 is 3.17 bits per heavy atom. The van der Waals surface area contributed by atoms with Gasteiger partial charge in [0.25, 0.3) is 0 Å². The van der Waals surface area contributed by atoms with Crippen LogP contribution in [0.5, 0.6) is 0 Å². The monoisotopic (exact) mass is 162 g/mol. The Kier molecular flexibility index (Phi) is 1.43. The molecule has 1 N–H and O–H groups in total. The number of aromatic amines is 1. The molecular formula is C9H10N2O. The van der Waals surface area contributed by atoms with Crippen LogP contribution in [0.2, 0.25) is 0 Å². The predicted octanol–water partition coefficient (Wildman–Crippen LogP) is 2.01. The summed E-state index contributed by atoms with van der Waals surface area (Å²) < 4.78 is 0. The van der Waals surface area contributed by atoms with Crippen molar-refractivity contribution < 1.29 is 6.22 Å². The zero-order valence-corrected chi connectivity index (χ0v) is 6.66. The summed E-state index contributed by atoms with van der Waals surface area (Å²) in [5.41, 5.74) is 2.51. The SMILES string of the molecule is CC(=O)c1ccc2nc[nH]c2c1.[HH]. The summed E-state index contributed by atoms with van der Waals surface area (Å²) >= 11 is 0. The van der Waals surface area contributed by atoms with E-state index in [-0.39, 0.29) is 7.21 Å². The van der Waals surface area contributed by atoms with Crippen molar-refractivity contribution in [3.05, 3.63) is 30.1 Å². The highest BCUT2D eigenvalue weighted by Crippen LogP contribution is 2.11. The lowest BCUT2D eigenvalue weighted by atomic mass is 10.1. The van der Waals surface area contributed by atoms with Gasteiger partial charge in [0.1, 0.15) is 0 Å². The number of hydrogen-bond donors (Lipinski definition) is 1. The fourth-order valence-corrected chi connectivity index (χ4v) is 1.15. The molecule has 1 aromatic heterocycles. The number of nitrogens with one attached hydrogen (secondary N) is 1. The van der Waals surface area contributed by atoms with Crippen LogP contribution in [-0.2, 0) is 0 Å². The molecule has 0 aliphatic heterocycles. The fraction of sp³-hybridized carbons (Fsp3) is 0.111. The minimum Gasteiger partial charge on any atom is -0.345 e. The first-order valence-electron chi connectivity index (χ1n) is 3.71. The van der Waals surface area contributed by atoms with Crippen LogP contribution in [0.1, 0.15) is 18.7 Å². The molecule has 0 aliphatic rings. The normalized spacial score (nSPS) is 10.4. The van der Waals surface area contributed by atoms with Gasteiger partial charge >= 0.3 is 0 Å². The molecule has 0 radical (unpaired) electrons. The zero-order chi connectivity index (χ0) is 8.55. The maximum Gasteiger partial charge on any atom is 0.159 e. The number of aromatic nitrogens is 2. The van der Waals surface area contributed by atoms with Crippen LogP contribution in [0.3, 0.4) is 0 Å². The lowest BCUT2D eigenvalue weighted by Crippen LogP contribution is -1.90. The Morgan fingerprint density at radius 1 is 1.58 bits per heavy atom. The van der Waals surface area contributed by atoms with Gasteiger partial charge in [-0.15, -0.1) is 0 Å². The molecule has 62 valence electrons. The van der Waals surface area contributed by atoms with Crippen molar-refractivity contribution in [1.82, 2.24) is 9.97 Å². The van der Waals surface area contributed by atoms with Gasteiger partial charge in [-0.2, -0.15) is 0 Å². The van der Waals surface area contributed by atoms with E-state index in [1.807, 2.05) is 12.1 Å². The van der Waals surface area contributed by atoms with Gasteiger partial charge in [0.05, 0.1) is 17.4 Å². The minimum absolute atomic E-state index is 0. The van der Waals surface area contributed by atoms with Gasteiger partial charge in [0, 0.05) is 6.99 Å².